The van der Waals surface area contributed by atoms with Gasteiger partial charge >= 0.3 is 11.9 Å². The molecule has 3 unspecified atom stereocenters. The van der Waals surface area contributed by atoms with Gasteiger partial charge in [0.15, 0.2) is 17.3 Å². The van der Waals surface area contributed by atoms with Crippen LogP contribution in [0.25, 0.3) is 0 Å². The Morgan fingerprint density at radius 2 is 1.94 bits per heavy atom. The minimum atomic E-state index is -1.16. The first-order chi connectivity index (χ1) is 16.2. The number of ketones is 1. The first kappa shape index (κ1) is 23.3. The molecular formula is C23H24N2O9. The van der Waals surface area contributed by atoms with E-state index in [2.05, 4.69) is 5.32 Å². The Morgan fingerprint density at radius 1 is 1.26 bits per heavy atom. The van der Waals surface area contributed by atoms with Crippen molar-refractivity contribution < 1.29 is 38.3 Å². The van der Waals surface area contributed by atoms with Gasteiger partial charge in [0, 0.05) is 22.5 Å². The summed E-state index contributed by atoms with van der Waals surface area (Å²) in [5.74, 6) is -4.18. The maximum Gasteiger partial charge on any atom is 0.336 e. The molecule has 0 saturated heterocycles. The number of carbonyl (C=O) groups excluding carboxylic acids is 3. The summed E-state index contributed by atoms with van der Waals surface area (Å²) in [6, 6.07) is 2.62. The molecule has 0 spiro atoms. The van der Waals surface area contributed by atoms with E-state index in [4.69, 9.17) is 18.9 Å². The van der Waals surface area contributed by atoms with E-state index in [9.17, 15) is 24.5 Å². The van der Waals surface area contributed by atoms with E-state index in [-0.39, 0.29) is 53.2 Å². The van der Waals surface area contributed by atoms with Crippen molar-refractivity contribution in [1.29, 1.82) is 0 Å². The molecule has 1 aromatic rings. The Bertz CT molecular complexity index is 1170. The number of nitro groups is 1. The van der Waals surface area contributed by atoms with Crippen molar-refractivity contribution in [3.8, 4) is 11.5 Å². The highest BCUT2D eigenvalue weighted by atomic mass is 16.7. The van der Waals surface area contributed by atoms with Crippen molar-refractivity contribution >= 4 is 23.4 Å². The molecule has 0 saturated carbocycles. The molecule has 11 nitrogen and oxygen atoms in total. The van der Waals surface area contributed by atoms with Crippen molar-refractivity contribution in [3.63, 3.8) is 0 Å². The molecule has 2 heterocycles. The topological polar surface area (TPSA) is 143 Å². The number of esters is 2. The van der Waals surface area contributed by atoms with E-state index in [0.717, 1.165) is 0 Å². The fourth-order valence-corrected chi connectivity index (χ4v) is 4.81. The molecule has 180 valence electrons. The summed E-state index contributed by atoms with van der Waals surface area (Å²) in [6.45, 7) is 4.98. The van der Waals surface area contributed by atoms with Gasteiger partial charge in [-0.1, -0.05) is 6.92 Å². The zero-order valence-corrected chi connectivity index (χ0v) is 19.1. The highest BCUT2D eigenvalue weighted by Gasteiger charge is 2.49. The molecule has 0 radical (unpaired) electrons. The van der Waals surface area contributed by atoms with Crippen LogP contribution in [-0.4, -0.2) is 43.2 Å². The molecule has 34 heavy (non-hydrogen) atoms. The number of rotatable bonds is 5. The van der Waals surface area contributed by atoms with Gasteiger partial charge in [0.05, 0.1) is 36.2 Å². The SMILES string of the molecule is CCOC(=O)C1=C(C)NC2=C(C(=O)C(C(=O)OC)C(C)C2)C1c1cc2c(cc1[N+](=O)[O-])OCO2. The summed E-state index contributed by atoms with van der Waals surface area (Å²) >= 11 is 0. The molecule has 3 atom stereocenters. The van der Waals surface area contributed by atoms with Crippen molar-refractivity contribution in [2.75, 3.05) is 20.5 Å². The third-order valence-corrected chi connectivity index (χ3v) is 6.27. The lowest BCUT2D eigenvalue weighted by molar-refractivity contribution is -0.385. The molecule has 0 amide bonds. The second-order valence-corrected chi connectivity index (χ2v) is 8.28. The van der Waals surface area contributed by atoms with Crippen LogP contribution in [0.4, 0.5) is 5.69 Å². The smallest absolute Gasteiger partial charge is 0.336 e. The standard InChI is InChI=1S/C23H24N2O9/c1-5-32-23(28)18-11(3)24-13-6-10(2)17(22(27)31-4)21(26)20(13)19(18)12-7-15-16(34-9-33-15)8-14(12)25(29)30/h7-8,10,17,19,24H,5-6,9H2,1-4H3. The third-order valence-electron chi connectivity index (χ3n) is 6.27. The molecule has 1 N–H and O–H groups in total. The van der Waals surface area contributed by atoms with Gasteiger partial charge in [-0.3, -0.25) is 19.7 Å². The largest absolute Gasteiger partial charge is 0.468 e. The number of methoxy groups -OCH3 is 1. The van der Waals surface area contributed by atoms with Crippen LogP contribution >= 0.6 is 0 Å². The molecule has 2 aliphatic heterocycles. The van der Waals surface area contributed by atoms with E-state index in [1.807, 2.05) is 0 Å². The number of fused-ring (bicyclic) bond motifs is 1. The van der Waals surface area contributed by atoms with E-state index in [1.54, 1.807) is 20.8 Å². The van der Waals surface area contributed by atoms with Gasteiger partial charge < -0.3 is 24.3 Å². The number of ether oxygens (including phenoxy) is 4. The Balaban J connectivity index is 1.98. The summed E-state index contributed by atoms with van der Waals surface area (Å²) < 4.78 is 20.8. The van der Waals surface area contributed by atoms with E-state index < -0.39 is 34.5 Å². The van der Waals surface area contributed by atoms with Gasteiger partial charge in [0.1, 0.15) is 5.92 Å². The zero-order valence-electron chi connectivity index (χ0n) is 19.1. The lowest BCUT2D eigenvalue weighted by Crippen LogP contribution is -2.43. The average Bonchev–Trinajstić information content (AvgIpc) is 3.24. The lowest BCUT2D eigenvalue weighted by atomic mass is 9.69. The second kappa shape index (κ2) is 8.81. The predicted octanol–water partition coefficient (Wildman–Crippen LogP) is 2.50. The number of Topliss-reactive ketones (excluding diaryl/α,β-unsaturated/α-hetero) is 1. The van der Waals surface area contributed by atoms with Crippen LogP contribution in [-0.2, 0) is 23.9 Å². The van der Waals surface area contributed by atoms with Crippen molar-refractivity contribution in [1.82, 2.24) is 5.32 Å². The predicted molar refractivity (Wildman–Crippen MR) is 116 cm³/mol. The number of nitrogens with one attached hydrogen (secondary N) is 1. The van der Waals surface area contributed by atoms with Crippen LogP contribution in [0, 0.1) is 22.0 Å². The van der Waals surface area contributed by atoms with Gasteiger partial charge in [0.25, 0.3) is 5.69 Å². The molecule has 0 fully saturated rings. The molecule has 0 bridgehead atoms. The summed E-state index contributed by atoms with van der Waals surface area (Å²) in [5.41, 5.74) is 0.778. The van der Waals surface area contributed by atoms with Gasteiger partial charge in [0.2, 0.25) is 6.79 Å². The first-order valence-corrected chi connectivity index (χ1v) is 10.8. The summed E-state index contributed by atoms with van der Waals surface area (Å²) in [6.07, 6.45) is 0.309. The van der Waals surface area contributed by atoms with Crippen molar-refractivity contribution in [2.45, 2.75) is 33.1 Å². The first-order valence-electron chi connectivity index (χ1n) is 10.8. The van der Waals surface area contributed by atoms with Crippen molar-refractivity contribution in [3.05, 3.63) is 50.4 Å². The van der Waals surface area contributed by atoms with Crippen LogP contribution in [0.3, 0.4) is 0 Å². The number of benzene rings is 1. The highest BCUT2D eigenvalue weighted by Crippen LogP contribution is 2.50. The summed E-state index contributed by atoms with van der Waals surface area (Å²) in [7, 11) is 1.19. The molecular weight excluding hydrogens is 448 g/mol. The van der Waals surface area contributed by atoms with Gasteiger partial charge in [-0.05, 0) is 32.3 Å². The second-order valence-electron chi connectivity index (χ2n) is 8.28. The van der Waals surface area contributed by atoms with E-state index in [1.165, 1.54) is 19.2 Å². The quantitative estimate of drug-likeness (QED) is 0.294. The number of nitro benzene ring substituents is 1. The normalized spacial score (nSPS) is 23.3. The molecule has 3 aliphatic rings. The van der Waals surface area contributed by atoms with E-state index in [0.29, 0.717) is 17.8 Å². The Labute approximate surface area is 194 Å². The summed E-state index contributed by atoms with van der Waals surface area (Å²) in [4.78, 5) is 50.7. The Kier molecular flexibility index (Phi) is 6.03. The fraction of sp³-hybridized carbons (Fsp3) is 0.435. The molecule has 1 aliphatic carbocycles. The van der Waals surface area contributed by atoms with Crippen LogP contribution in [0.2, 0.25) is 0 Å². The average molecular weight is 472 g/mol. The highest BCUT2D eigenvalue weighted by molar-refractivity contribution is 6.12. The number of allylic oxidation sites excluding steroid dienone is 3. The summed E-state index contributed by atoms with van der Waals surface area (Å²) in [5, 5.41) is 15.2. The lowest BCUT2D eigenvalue weighted by Gasteiger charge is -2.38. The Hall–Kier alpha value is -3.89. The van der Waals surface area contributed by atoms with Gasteiger partial charge in [-0.15, -0.1) is 0 Å². The van der Waals surface area contributed by atoms with E-state index >= 15 is 0 Å². The molecule has 0 aromatic heterocycles. The van der Waals surface area contributed by atoms with Gasteiger partial charge in [-0.2, -0.15) is 0 Å². The fourth-order valence-electron chi connectivity index (χ4n) is 4.81. The van der Waals surface area contributed by atoms with Crippen LogP contribution in [0.15, 0.2) is 34.7 Å². The van der Waals surface area contributed by atoms with Crippen LogP contribution in [0.1, 0.15) is 38.7 Å². The number of hydrogen-bond acceptors (Lipinski definition) is 10. The van der Waals surface area contributed by atoms with Crippen molar-refractivity contribution in [2.24, 2.45) is 11.8 Å². The number of dihydropyridines is 1. The number of carbonyl (C=O) groups is 3. The maximum atomic E-state index is 13.7. The van der Waals surface area contributed by atoms with Crippen LogP contribution < -0.4 is 14.8 Å². The minimum Gasteiger partial charge on any atom is -0.468 e. The number of hydrogen-bond donors (Lipinski definition) is 1. The van der Waals surface area contributed by atoms with Gasteiger partial charge in [-0.25, -0.2) is 4.79 Å². The Morgan fingerprint density at radius 3 is 2.56 bits per heavy atom. The molecule has 11 heteroatoms. The zero-order chi connectivity index (χ0) is 24.7. The minimum absolute atomic E-state index is 0.0501. The molecule has 4 rings (SSSR count). The van der Waals surface area contributed by atoms with Crippen LogP contribution in [0.5, 0.6) is 11.5 Å². The number of nitrogens with zero attached hydrogens (tertiary/aromatic N) is 1. The third kappa shape index (κ3) is 3.66. The monoisotopic (exact) mass is 472 g/mol. The maximum absolute atomic E-state index is 13.7. The molecule has 1 aromatic carbocycles.